The van der Waals surface area contributed by atoms with Crippen molar-refractivity contribution < 1.29 is 14.3 Å². The summed E-state index contributed by atoms with van der Waals surface area (Å²) >= 11 is 11.1. The molecule has 76 valence electrons. The van der Waals surface area contributed by atoms with Crippen LogP contribution in [0, 0.1) is 5.82 Å². The molecule has 0 spiro atoms. The third-order valence-electron chi connectivity index (χ3n) is 1.66. The molecule has 0 aliphatic carbocycles. The van der Waals surface area contributed by atoms with E-state index < -0.39 is 17.8 Å². The minimum atomic E-state index is -1.51. The molecule has 1 unspecified atom stereocenters. The van der Waals surface area contributed by atoms with Gasteiger partial charge in [0.15, 0.2) is 0 Å². The molecule has 0 heterocycles. The van der Waals surface area contributed by atoms with E-state index in [4.69, 9.17) is 34.0 Å². The Labute approximate surface area is 89.2 Å². The molecule has 3 nitrogen and oxygen atoms in total. The largest absolute Gasteiger partial charge is 0.480 e. The number of nitrogens with two attached hydrogens (primary N) is 1. The number of hydrogen-bond donors (Lipinski definition) is 2. The zero-order valence-corrected chi connectivity index (χ0v) is 8.31. The van der Waals surface area contributed by atoms with Crippen LogP contribution in [0.3, 0.4) is 0 Å². The molecule has 0 aromatic heterocycles. The van der Waals surface area contributed by atoms with E-state index in [2.05, 4.69) is 0 Å². The molecule has 0 aliphatic rings. The summed E-state index contributed by atoms with van der Waals surface area (Å²) in [5.74, 6) is -2.26. The molecule has 0 bridgehead atoms. The summed E-state index contributed by atoms with van der Waals surface area (Å²) in [5, 5.41) is 8.32. The molecule has 0 saturated heterocycles. The number of carboxylic acids is 1. The van der Waals surface area contributed by atoms with Gasteiger partial charge in [0.1, 0.15) is 11.9 Å². The lowest BCUT2D eigenvalue weighted by molar-refractivity contribution is -0.138. The lowest BCUT2D eigenvalue weighted by Crippen LogP contribution is -2.22. The van der Waals surface area contributed by atoms with E-state index in [-0.39, 0.29) is 15.6 Å². The Hall–Kier alpha value is -0.840. The van der Waals surface area contributed by atoms with Gasteiger partial charge in [0, 0.05) is 10.6 Å². The predicted octanol–water partition coefficient (Wildman–Crippen LogP) is 2.22. The second kappa shape index (κ2) is 4.13. The zero-order chi connectivity index (χ0) is 10.9. The van der Waals surface area contributed by atoms with Gasteiger partial charge in [-0.1, -0.05) is 23.2 Å². The Kier molecular flexibility index (Phi) is 3.31. The van der Waals surface area contributed by atoms with Crippen LogP contribution in [0.5, 0.6) is 0 Å². The molecule has 3 N–H and O–H groups in total. The second-order valence-electron chi connectivity index (χ2n) is 2.57. The zero-order valence-electron chi connectivity index (χ0n) is 6.80. The van der Waals surface area contributed by atoms with Gasteiger partial charge in [0.05, 0.1) is 5.02 Å². The maximum absolute atomic E-state index is 13.3. The molecule has 0 aliphatic heterocycles. The lowest BCUT2D eigenvalue weighted by Gasteiger charge is -2.10. The van der Waals surface area contributed by atoms with Crippen LogP contribution in [0.4, 0.5) is 4.39 Å². The van der Waals surface area contributed by atoms with Crippen molar-refractivity contribution in [1.29, 1.82) is 0 Å². The monoisotopic (exact) mass is 237 g/mol. The van der Waals surface area contributed by atoms with Gasteiger partial charge >= 0.3 is 5.97 Å². The fourth-order valence-corrected chi connectivity index (χ4v) is 1.38. The summed E-state index contributed by atoms with van der Waals surface area (Å²) in [5.41, 5.74) is 4.93. The topological polar surface area (TPSA) is 63.3 Å². The highest BCUT2D eigenvalue weighted by Gasteiger charge is 2.23. The molecule has 0 radical (unpaired) electrons. The van der Waals surface area contributed by atoms with Gasteiger partial charge < -0.3 is 10.8 Å². The van der Waals surface area contributed by atoms with Crippen molar-refractivity contribution in [3.63, 3.8) is 0 Å². The van der Waals surface area contributed by atoms with Crippen molar-refractivity contribution in [1.82, 2.24) is 0 Å². The van der Waals surface area contributed by atoms with E-state index in [1.54, 1.807) is 0 Å². The average molecular weight is 238 g/mol. The molecular weight excluding hydrogens is 232 g/mol. The fraction of sp³-hybridized carbons (Fsp3) is 0.125. The van der Waals surface area contributed by atoms with Crippen LogP contribution in [0.25, 0.3) is 0 Å². The van der Waals surface area contributed by atoms with Crippen molar-refractivity contribution in [3.8, 4) is 0 Å². The molecule has 1 atom stereocenters. The summed E-state index contributed by atoms with van der Waals surface area (Å²) in [6, 6.07) is 1.02. The molecule has 0 amide bonds. The highest BCUT2D eigenvalue weighted by atomic mass is 35.5. The Morgan fingerprint density at radius 1 is 1.43 bits per heavy atom. The summed E-state index contributed by atoms with van der Waals surface area (Å²) in [6.45, 7) is 0. The number of halogens is 3. The molecular formula is C8H6Cl2FNO2. The maximum atomic E-state index is 13.3. The van der Waals surface area contributed by atoms with Gasteiger partial charge in [0.25, 0.3) is 0 Å². The van der Waals surface area contributed by atoms with Crippen LogP contribution in [-0.4, -0.2) is 11.1 Å². The Bertz CT molecular complexity index is 384. The molecule has 1 aromatic rings. The number of aliphatic carboxylic acids is 1. The SMILES string of the molecule is NC(C(=O)O)c1c(Cl)ccc(Cl)c1F. The first kappa shape index (κ1) is 11.2. The van der Waals surface area contributed by atoms with E-state index in [1.807, 2.05) is 0 Å². The molecule has 1 aromatic carbocycles. The third kappa shape index (κ3) is 1.97. The summed E-state index contributed by atoms with van der Waals surface area (Å²) in [4.78, 5) is 10.5. The number of hydrogen-bond acceptors (Lipinski definition) is 2. The first-order valence-electron chi connectivity index (χ1n) is 3.57. The highest BCUT2D eigenvalue weighted by molar-refractivity contribution is 6.34. The minimum Gasteiger partial charge on any atom is -0.480 e. The second-order valence-corrected chi connectivity index (χ2v) is 3.39. The summed E-state index contributed by atoms with van der Waals surface area (Å²) < 4.78 is 13.3. The van der Waals surface area contributed by atoms with Gasteiger partial charge in [-0.25, -0.2) is 4.39 Å². The quantitative estimate of drug-likeness (QED) is 0.776. The summed E-state index contributed by atoms with van der Waals surface area (Å²) in [7, 11) is 0. The fourth-order valence-electron chi connectivity index (χ4n) is 0.951. The van der Waals surface area contributed by atoms with Crippen molar-refractivity contribution in [2.75, 3.05) is 0 Å². The molecule has 0 saturated carbocycles. The van der Waals surface area contributed by atoms with Crippen LogP contribution in [0.1, 0.15) is 11.6 Å². The lowest BCUT2D eigenvalue weighted by atomic mass is 10.1. The molecule has 1 rings (SSSR count). The predicted molar refractivity (Wildman–Crippen MR) is 51.0 cm³/mol. The van der Waals surface area contributed by atoms with Crippen molar-refractivity contribution >= 4 is 29.2 Å². The maximum Gasteiger partial charge on any atom is 0.325 e. The Morgan fingerprint density at radius 2 is 1.93 bits per heavy atom. The Morgan fingerprint density at radius 3 is 2.43 bits per heavy atom. The van der Waals surface area contributed by atoms with Crippen LogP contribution < -0.4 is 5.73 Å². The van der Waals surface area contributed by atoms with Gasteiger partial charge in [-0.2, -0.15) is 0 Å². The minimum absolute atomic E-state index is 0.0539. The highest BCUT2D eigenvalue weighted by Crippen LogP contribution is 2.29. The smallest absolute Gasteiger partial charge is 0.325 e. The number of carboxylic acid groups (broad SMARTS) is 1. The summed E-state index contributed by atoms with van der Waals surface area (Å²) in [6.07, 6.45) is 0. The number of carbonyl (C=O) groups is 1. The normalized spacial score (nSPS) is 12.6. The standard InChI is InChI=1S/C8H6Cl2FNO2/c9-3-1-2-4(10)6(11)5(3)7(12)8(13)14/h1-2,7H,12H2,(H,13,14). The van der Waals surface area contributed by atoms with E-state index >= 15 is 0 Å². The van der Waals surface area contributed by atoms with Crippen LogP contribution >= 0.6 is 23.2 Å². The number of benzene rings is 1. The van der Waals surface area contributed by atoms with Crippen molar-refractivity contribution in [2.45, 2.75) is 6.04 Å². The van der Waals surface area contributed by atoms with Gasteiger partial charge in [-0.3, -0.25) is 4.79 Å². The van der Waals surface area contributed by atoms with E-state index in [0.717, 1.165) is 0 Å². The first-order valence-corrected chi connectivity index (χ1v) is 4.32. The average Bonchev–Trinajstić information content (AvgIpc) is 2.12. The van der Waals surface area contributed by atoms with E-state index in [0.29, 0.717) is 0 Å². The van der Waals surface area contributed by atoms with Crippen molar-refractivity contribution in [2.24, 2.45) is 5.73 Å². The molecule has 14 heavy (non-hydrogen) atoms. The molecule has 0 fully saturated rings. The van der Waals surface area contributed by atoms with Gasteiger partial charge in [0.2, 0.25) is 0 Å². The van der Waals surface area contributed by atoms with Crippen LogP contribution in [-0.2, 0) is 4.79 Å². The van der Waals surface area contributed by atoms with Crippen LogP contribution in [0.2, 0.25) is 10.0 Å². The van der Waals surface area contributed by atoms with Crippen LogP contribution in [0.15, 0.2) is 12.1 Å². The van der Waals surface area contributed by atoms with E-state index in [9.17, 15) is 9.18 Å². The van der Waals surface area contributed by atoms with Gasteiger partial charge in [-0.05, 0) is 12.1 Å². The Balaban J connectivity index is 3.32. The molecule has 6 heteroatoms. The van der Waals surface area contributed by atoms with E-state index in [1.165, 1.54) is 12.1 Å². The van der Waals surface area contributed by atoms with Gasteiger partial charge in [-0.15, -0.1) is 0 Å². The third-order valence-corrected chi connectivity index (χ3v) is 2.28. The first-order chi connectivity index (χ1) is 6.45. The van der Waals surface area contributed by atoms with Crippen molar-refractivity contribution in [3.05, 3.63) is 33.6 Å². The number of rotatable bonds is 2.